The Morgan fingerprint density at radius 3 is 2.58 bits per heavy atom. The Balaban J connectivity index is 1.65. The predicted octanol–water partition coefficient (Wildman–Crippen LogP) is 2.73. The summed E-state index contributed by atoms with van der Waals surface area (Å²) in [6.45, 7) is 0.365. The van der Waals surface area contributed by atoms with Gasteiger partial charge in [-0.2, -0.15) is 0 Å². The van der Waals surface area contributed by atoms with Crippen molar-refractivity contribution in [2.24, 2.45) is 5.92 Å². The maximum absolute atomic E-state index is 12.3. The lowest BCUT2D eigenvalue weighted by Crippen LogP contribution is -2.25. The SMILES string of the molecule is COc1ccc(CNC(=O)C2CC2c2ccco2)c(OC)c1OC. The van der Waals surface area contributed by atoms with Gasteiger partial charge >= 0.3 is 0 Å². The van der Waals surface area contributed by atoms with Crippen molar-refractivity contribution >= 4 is 5.91 Å². The molecule has 2 atom stereocenters. The van der Waals surface area contributed by atoms with E-state index >= 15 is 0 Å². The van der Waals surface area contributed by atoms with Crippen LogP contribution in [-0.2, 0) is 11.3 Å². The van der Waals surface area contributed by atoms with Crippen molar-refractivity contribution in [3.8, 4) is 17.2 Å². The summed E-state index contributed by atoms with van der Waals surface area (Å²) in [5.74, 6) is 2.73. The summed E-state index contributed by atoms with van der Waals surface area (Å²) in [5, 5.41) is 2.96. The third-order valence-electron chi connectivity index (χ3n) is 4.27. The first-order valence-electron chi connectivity index (χ1n) is 7.78. The van der Waals surface area contributed by atoms with Crippen LogP contribution in [0.4, 0.5) is 0 Å². The molecule has 0 saturated heterocycles. The molecule has 3 rings (SSSR count). The average Bonchev–Trinajstić information content (AvgIpc) is 3.23. The highest BCUT2D eigenvalue weighted by molar-refractivity contribution is 5.82. The van der Waals surface area contributed by atoms with Gasteiger partial charge in [0.25, 0.3) is 0 Å². The molecule has 0 radical (unpaired) electrons. The van der Waals surface area contributed by atoms with Crippen molar-refractivity contribution in [2.45, 2.75) is 18.9 Å². The lowest BCUT2D eigenvalue weighted by atomic mass is 10.1. The molecule has 2 unspecified atom stereocenters. The first kappa shape index (κ1) is 16.2. The van der Waals surface area contributed by atoms with Crippen molar-refractivity contribution in [3.63, 3.8) is 0 Å². The number of hydrogen-bond acceptors (Lipinski definition) is 5. The van der Waals surface area contributed by atoms with E-state index in [1.165, 1.54) is 0 Å². The van der Waals surface area contributed by atoms with Gasteiger partial charge in [-0.3, -0.25) is 4.79 Å². The summed E-state index contributed by atoms with van der Waals surface area (Å²) in [6.07, 6.45) is 2.46. The number of carbonyl (C=O) groups excluding carboxylic acids is 1. The van der Waals surface area contributed by atoms with E-state index in [-0.39, 0.29) is 17.7 Å². The number of furan rings is 1. The van der Waals surface area contributed by atoms with Crippen LogP contribution >= 0.6 is 0 Å². The van der Waals surface area contributed by atoms with Crippen LogP contribution in [0.1, 0.15) is 23.7 Å². The van der Waals surface area contributed by atoms with Gasteiger partial charge in [-0.05, 0) is 30.7 Å². The molecule has 1 aliphatic rings. The van der Waals surface area contributed by atoms with E-state index < -0.39 is 0 Å². The average molecular weight is 331 g/mol. The number of amides is 1. The molecule has 128 valence electrons. The molecule has 6 nitrogen and oxygen atoms in total. The fourth-order valence-electron chi connectivity index (χ4n) is 2.92. The van der Waals surface area contributed by atoms with Gasteiger partial charge in [-0.25, -0.2) is 0 Å². The van der Waals surface area contributed by atoms with Gasteiger partial charge in [-0.15, -0.1) is 0 Å². The zero-order valence-corrected chi connectivity index (χ0v) is 14.0. The predicted molar refractivity (Wildman–Crippen MR) is 87.5 cm³/mol. The molecule has 1 aromatic carbocycles. The molecule has 0 spiro atoms. The van der Waals surface area contributed by atoms with E-state index in [1.807, 2.05) is 18.2 Å². The Labute approximate surface area is 140 Å². The maximum atomic E-state index is 12.3. The molecule has 6 heteroatoms. The van der Waals surface area contributed by atoms with E-state index in [9.17, 15) is 4.79 Å². The molecule has 1 saturated carbocycles. The normalized spacial score (nSPS) is 18.8. The monoisotopic (exact) mass is 331 g/mol. The Bertz CT molecular complexity index is 710. The molecule has 1 aliphatic carbocycles. The largest absolute Gasteiger partial charge is 0.493 e. The van der Waals surface area contributed by atoms with Gasteiger partial charge in [0.2, 0.25) is 11.7 Å². The molecule has 1 fully saturated rings. The van der Waals surface area contributed by atoms with Crippen LogP contribution in [0.15, 0.2) is 34.9 Å². The lowest BCUT2D eigenvalue weighted by molar-refractivity contribution is -0.122. The maximum Gasteiger partial charge on any atom is 0.224 e. The second kappa shape index (κ2) is 6.86. The minimum atomic E-state index is -0.0257. The van der Waals surface area contributed by atoms with E-state index in [0.717, 1.165) is 17.7 Å². The smallest absolute Gasteiger partial charge is 0.224 e. The van der Waals surface area contributed by atoms with Crippen LogP contribution in [-0.4, -0.2) is 27.2 Å². The highest BCUT2D eigenvalue weighted by atomic mass is 16.5. The van der Waals surface area contributed by atoms with Crippen LogP contribution < -0.4 is 19.5 Å². The second-order valence-electron chi connectivity index (χ2n) is 5.68. The topological polar surface area (TPSA) is 69.9 Å². The fraction of sp³-hybridized carbons (Fsp3) is 0.389. The molecule has 0 bridgehead atoms. The Hall–Kier alpha value is -2.63. The number of hydrogen-bond donors (Lipinski definition) is 1. The second-order valence-corrected chi connectivity index (χ2v) is 5.68. The zero-order valence-electron chi connectivity index (χ0n) is 14.0. The molecular weight excluding hydrogens is 310 g/mol. The minimum absolute atomic E-state index is 0.0215. The van der Waals surface area contributed by atoms with Crippen LogP contribution in [0.2, 0.25) is 0 Å². The van der Waals surface area contributed by atoms with Gasteiger partial charge in [0.1, 0.15) is 5.76 Å². The van der Waals surface area contributed by atoms with Crippen LogP contribution in [0.5, 0.6) is 17.2 Å². The number of nitrogens with one attached hydrogen (secondary N) is 1. The molecule has 1 heterocycles. The standard InChI is InChI=1S/C18H21NO5/c1-21-15-7-6-11(16(22-2)17(15)23-3)10-19-18(20)13-9-12(13)14-5-4-8-24-14/h4-8,12-13H,9-10H2,1-3H3,(H,19,20). The number of carbonyl (C=O) groups is 1. The van der Waals surface area contributed by atoms with Gasteiger partial charge in [0.15, 0.2) is 11.5 Å². The molecule has 1 amide bonds. The van der Waals surface area contributed by atoms with Gasteiger partial charge < -0.3 is 23.9 Å². The van der Waals surface area contributed by atoms with Crippen LogP contribution in [0.3, 0.4) is 0 Å². The van der Waals surface area contributed by atoms with E-state index in [0.29, 0.717) is 23.8 Å². The Morgan fingerprint density at radius 2 is 1.96 bits per heavy atom. The van der Waals surface area contributed by atoms with Crippen molar-refractivity contribution in [1.29, 1.82) is 0 Å². The van der Waals surface area contributed by atoms with Gasteiger partial charge in [0, 0.05) is 23.9 Å². The summed E-state index contributed by atoms with van der Waals surface area (Å²) >= 11 is 0. The van der Waals surface area contributed by atoms with E-state index in [2.05, 4.69) is 5.32 Å². The third-order valence-corrected chi connectivity index (χ3v) is 4.27. The van der Waals surface area contributed by atoms with Crippen molar-refractivity contribution < 1.29 is 23.4 Å². The highest BCUT2D eigenvalue weighted by Gasteiger charge is 2.45. The van der Waals surface area contributed by atoms with Gasteiger partial charge in [-0.1, -0.05) is 0 Å². The number of ether oxygens (including phenoxy) is 3. The molecule has 2 aromatic rings. The summed E-state index contributed by atoms with van der Waals surface area (Å²) in [5.41, 5.74) is 0.832. The Morgan fingerprint density at radius 1 is 1.17 bits per heavy atom. The van der Waals surface area contributed by atoms with E-state index in [4.69, 9.17) is 18.6 Å². The van der Waals surface area contributed by atoms with Crippen LogP contribution in [0.25, 0.3) is 0 Å². The lowest BCUT2D eigenvalue weighted by Gasteiger charge is -2.16. The number of rotatable bonds is 7. The highest BCUT2D eigenvalue weighted by Crippen LogP contribution is 2.47. The molecule has 1 aromatic heterocycles. The quantitative estimate of drug-likeness (QED) is 0.845. The molecule has 24 heavy (non-hydrogen) atoms. The summed E-state index contributed by atoms with van der Waals surface area (Å²) in [6, 6.07) is 7.41. The van der Waals surface area contributed by atoms with Crippen molar-refractivity contribution in [3.05, 3.63) is 41.9 Å². The minimum Gasteiger partial charge on any atom is -0.493 e. The number of benzene rings is 1. The zero-order chi connectivity index (χ0) is 17.1. The summed E-state index contributed by atoms with van der Waals surface area (Å²) in [4.78, 5) is 12.3. The first-order chi connectivity index (χ1) is 11.7. The van der Waals surface area contributed by atoms with Crippen molar-refractivity contribution in [1.82, 2.24) is 5.32 Å². The van der Waals surface area contributed by atoms with Gasteiger partial charge in [0.05, 0.1) is 27.6 Å². The molecule has 1 N–H and O–H groups in total. The van der Waals surface area contributed by atoms with Crippen LogP contribution in [0, 0.1) is 5.92 Å². The van der Waals surface area contributed by atoms with E-state index in [1.54, 1.807) is 33.7 Å². The molecule has 0 aliphatic heterocycles. The number of methoxy groups -OCH3 is 3. The first-order valence-corrected chi connectivity index (χ1v) is 7.78. The summed E-state index contributed by atoms with van der Waals surface area (Å²) in [7, 11) is 4.69. The Kier molecular flexibility index (Phi) is 4.64. The molecular formula is C18H21NO5. The fourth-order valence-corrected chi connectivity index (χ4v) is 2.92. The van der Waals surface area contributed by atoms with Crippen molar-refractivity contribution in [2.75, 3.05) is 21.3 Å². The summed E-state index contributed by atoms with van der Waals surface area (Å²) < 4.78 is 21.4. The third kappa shape index (κ3) is 3.04.